The molecule has 0 atom stereocenters. The van der Waals surface area contributed by atoms with E-state index in [-0.39, 0.29) is 34.8 Å². The van der Waals surface area contributed by atoms with Crippen LogP contribution in [0.2, 0.25) is 5.02 Å². The Bertz CT molecular complexity index is 601. The van der Waals surface area contributed by atoms with Crippen LogP contribution in [0.4, 0.5) is 5.69 Å². The third-order valence-corrected chi connectivity index (χ3v) is 3.29. The number of nitro groups is 1. The quantitative estimate of drug-likeness (QED) is 0.660. The van der Waals surface area contributed by atoms with Gasteiger partial charge in [0.2, 0.25) is 5.91 Å². The van der Waals surface area contributed by atoms with Crippen molar-refractivity contribution in [2.75, 3.05) is 13.6 Å². The average molecular weight is 312 g/mol. The number of carbonyl (C=O) groups excluding carboxylic acids is 2. The van der Waals surface area contributed by atoms with Crippen LogP contribution in [0.1, 0.15) is 23.2 Å². The summed E-state index contributed by atoms with van der Waals surface area (Å²) in [6.45, 7) is -0.154. The normalized spacial score (nSPS) is 13.6. The summed E-state index contributed by atoms with van der Waals surface area (Å²) in [5, 5.41) is 13.9. The van der Waals surface area contributed by atoms with Crippen molar-refractivity contribution in [1.29, 1.82) is 0 Å². The van der Waals surface area contributed by atoms with Crippen molar-refractivity contribution in [2.45, 2.75) is 18.9 Å². The number of benzene rings is 1. The summed E-state index contributed by atoms with van der Waals surface area (Å²) in [4.78, 5) is 35.3. The first-order chi connectivity index (χ1) is 9.88. The van der Waals surface area contributed by atoms with Crippen LogP contribution in [0.15, 0.2) is 18.2 Å². The van der Waals surface area contributed by atoms with Crippen LogP contribution in [0.5, 0.6) is 0 Å². The van der Waals surface area contributed by atoms with Gasteiger partial charge in [0.1, 0.15) is 5.56 Å². The van der Waals surface area contributed by atoms with Gasteiger partial charge in [-0.25, -0.2) is 0 Å². The zero-order valence-corrected chi connectivity index (χ0v) is 12.1. The Morgan fingerprint density at radius 1 is 1.48 bits per heavy atom. The predicted octanol–water partition coefficient (Wildman–Crippen LogP) is 1.60. The summed E-state index contributed by atoms with van der Waals surface area (Å²) in [7, 11) is 1.42. The number of nitrogens with one attached hydrogen (secondary N) is 1. The number of amides is 2. The third-order valence-electron chi connectivity index (χ3n) is 3.06. The second-order valence-electron chi connectivity index (χ2n) is 4.92. The molecule has 8 heteroatoms. The molecule has 112 valence electrons. The molecule has 1 aromatic rings. The molecule has 21 heavy (non-hydrogen) atoms. The molecule has 2 amide bonds. The third kappa shape index (κ3) is 3.91. The number of nitrogens with zero attached hydrogens (tertiary/aromatic N) is 2. The van der Waals surface area contributed by atoms with Gasteiger partial charge in [-0.3, -0.25) is 19.7 Å². The molecular weight excluding hydrogens is 298 g/mol. The average Bonchev–Trinajstić information content (AvgIpc) is 3.20. The summed E-state index contributed by atoms with van der Waals surface area (Å²) < 4.78 is 0. The van der Waals surface area contributed by atoms with E-state index in [0.29, 0.717) is 0 Å². The van der Waals surface area contributed by atoms with Crippen LogP contribution in [0.3, 0.4) is 0 Å². The predicted molar refractivity (Wildman–Crippen MR) is 76.2 cm³/mol. The second-order valence-corrected chi connectivity index (χ2v) is 5.36. The molecule has 1 saturated carbocycles. The Kier molecular flexibility index (Phi) is 4.42. The minimum absolute atomic E-state index is 0.130. The Morgan fingerprint density at radius 3 is 2.71 bits per heavy atom. The van der Waals surface area contributed by atoms with E-state index >= 15 is 0 Å². The summed E-state index contributed by atoms with van der Waals surface area (Å²) >= 11 is 5.78. The highest BCUT2D eigenvalue weighted by atomic mass is 35.5. The standard InChI is InChI=1S/C13H14ClN3O4/c1-16(7-12(18)15-9-3-4-9)13(19)10-6-8(14)2-5-11(10)17(20)21/h2,5-6,9H,3-4,7H2,1H3,(H,15,18). The van der Waals surface area contributed by atoms with Gasteiger partial charge >= 0.3 is 0 Å². The largest absolute Gasteiger partial charge is 0.352 e. The fourth-order valence-corrected chi connectivity index (χ4v) is 2.00. The lowest BCUT2D eigenvalue weighted by molar-refractivity contribution is -0.385. The van der Waals surface area contributed by atoms with E-state index in [9.17, 15) is 19.7 Å². The molecule has 0 heterocycles. The van der Waals surface area contributed by atoms with Crippen LogP contribution in [0, 0.1) is 10.1 Å². The minimum Gasteiger partial charge on any atom is -0.352 e. The molecule has 0 bridgehead atoms. The van der Waals surface area contributed by atoms with Crippen LogP contribution in [-0.4, -0.2) is 41.3 Å². The molecule has 1 aliphatic rings. The van der Waals surface area contributed by atoms with E-state index < -0.39 is 10.8 Å². The molecule has 1 fully saturated rings. The molecule has 0 aromatic heterocycles. The fraction of sp³-hybridized carbons (Fsp3) is 0.385. The maximum atomic E-state index is 12.2. The lowest BCUT2D eigenvalue weighted by Crippen LogP contribution is -2.39. The van der Waals surface area contributed by atoms with Crippen molar-refractivity contribution in [1.82, 2.24) is 10.2 Å². The van der Waals surface area contributed by atoms with Crippen molar-refractivity contribution in [3.8, 4) is 0 Å². The zero-order valence-electron chi connectivity index (χ0n) is 11.3. The first-order valence-electron chi connectivity index (χ1n) is 6.37. The van der Waals surface area contributed by atoms with Gasteiger partial charge in [-0.1, -0.05) is 11.6 Å². The highest BCUT2D eigenvalue weighted by molar-refractivity contribution is 6.31. The molecule has 0 saturated heterocycles. The molecule has 1 N–H and O–H groups in total. The van der Waals surface area contributed by atoms with Crippen molar-refractivity contribution in [2.24, 2.45) is 0 Å². The highest BCUT2D eigenvalue weighted by Crippen LogP contribution is 2.24. The molecule has 1 aromatic carbocycles. The van der Waals surface area contributed by atoms with E-state index in [1.165, 1.54) is 25.2 Å². The van der Waals surface area contributed by atoms with Crippen LogP contribution < -0.4 is 5.32 Å². The SMILES string of the molecule is CN(CC(=O)NC1CC1)C(=O)c1cc(Cl)ccc1[N+](=O)[O-]. The molecule has 7 nitrogen and oxygen atoms in total. The van der Waals surface area contributed by atoms with Gasteiger partial charge in [0.05, 0.1) is 11.5 Å². The molecule has 1 aliphatic carbocycles. The maximum absolute atomic E-state index is 12.2. The van der Waals surface area contributed by atoms with Crippen molar-refractivity contribution in [3.63, 3.8) is 0 Å². The zero-order chi connectivity index (χ0) is 15.6. The topological polar surface area (TPSA) is 92.6 Å². The number of hydrogen-bond donors (Lipinski definition) is 1. The van der Waals surface area contributed by atoms with Gasteiger partial charge in [0.15, 0.2) is 0 Å². The van der Waals surface area contributed by atoms with Gasteiger partial charge in [-0.05, 0) is 25.0 Å². The number of carbonyl (C=O) groups is 2. The summed E-state index contributed by atoms with van der Waals surface area (Å²) in [6, 6.07) is 3.95. The minimum atomic E-state index is -0.651. The van der Waals surface area contributed by atoms with Crippen LogP contribution in [-0.2, 0) is 4.79 Å². The Balaban J connectivity index is 2.12. The molecule has 0 spiro atoms. The van der Waals surface area contributed by atoms with Crippen molar-refractivity contribution >= 4 is 29.1 Å². The van der Waals surface area contributed by atoms with E-state index in [1.54, 1.807) is 0 Å². The first kappa shape index (κ1) is 15.2. The molecule has 0 unspecified atom stereocenters. The van der Waals surface area contributed by atoms with Gasteiger partial charge in [-0.15, -0.1) is 0 Å². The van der Waals surface area contributed by atoms with E-state index in [0.717, 1.165) is 17.7 Å². The molecule has 0 aliphatic heterocycles. The first-order valence-corrected chi connectivity index (χ1v) is 6.75. The molecule has 0 radical (unpaired) electrons. The summed E-state index contributed by atoms with van der Waals surface area (Å²) in [5.74, 6) is -0.895. The van der Waals surface area contributed by atoms with Gasteiger partial charge in [-0.2, -0.15) is 0 Å². The number of rotatable bonds is 5. The molecular formula is C13H14ClN3O4. The van der Waals surface area contributed by atoms with E-state index in [4.69, 9.17) is 11.6 Å². The molecule has 2 rings (SSSR count). The van der Waals surface area contributed by atoms with Gasteiger partial charge in [0, 0.05) is 24.2 Å². The Morgan fingerprint density at radius 2 is 2.14 bits per heavy atom. The van der Waals surface area contributed by atoms with Gasteiger partial charge in [0.25, 0.3) is 11.6 Å². The van der Waals surface area contributed by atoms with Crippen LogP contribution in [0.25, 0.3) is 0 Å². The highest BCUT2D eigenvalue weighted by Gasteiger charge is 2.27. The maximum Gasteiger partial charge on any atom is 0.282 e. The summed E-state index contributed by atoms with van der Waals surface area (Å²) in [5.41, 5.74) is -0.465. The smallest absolute Gasteiger partial charge is 0.282 e. The van der Waals surface area contributed by atoms with Crippen molar-refractivity contribution in [3.05, 3.63) is 38.9 Å². The second kappa shape index (κ2) is 6.09. The Labute approximate surface area is 126 Å². The number of halogens is 1. The van der Waals surface area contributed by atoms with E-state index in [2.05, 4.69) is 5.32 Å². The number of likely N-dealkylation sites (N-methyl/N-ethyl adjacent to an activating group) is 1. The monoisotopic (exact) mass is 311 g/mol. The number of hydrogen-bond acceptors (Lipinski definition) is 4. The Hall–Kier alpha value is -2.15. The van der Waals surface area contributed by atoms with Gasteiger partial charge < -0.3 is 10.2 Å². The fourth-order valence-electron chi connectivity index (χ4n) is 1.83. The van der Waals surface area contributed by atoms with E-state index in [1.807, 2.05) is 0 Å². The number of nitro benzene ring substituents is 1. The van der Waals surface area contributed by atoms with Crippen molar-refractivity contribution < 1.29 is 14.5 Å². The lowest BCUT2D eigenvalue weighted by atomic mass is 10.1. The van der Waals surface area contributed by atoms with Crippen LogP contribution >= 0.6 is 11.6 Å². The lowest BCUT2D eigenvalue weighted by Gasteiger charge is -2.16. The summed E-state index contributed by atoms with van der Waals surface area (Å²) in [6.07, 6.45) is 1.90.